The summed E-state index contributed by atoms with van der Waals surface area (Å²) in [5.74, 6) is -0.433. The number of rotatable bonds is 5. The van der Waals surface area contributed by atoms with Crippen LogP contribution in [0.3, 0.4) is 0 Å². The van der Waals surface area contributed by atoms with Gasteiger partial charge in [-0.25, -0.2) is 14.4 Å². The molecule has 1 saturated carbocycles. The van der Waals surface area contributed by atoms with Gasteiger partial charge in [-0.15, -0.1) is 0 Å². The van der Waals surface area contributed by atoms with Crippen LogP contribution in [0, 0.1) is 18.7 Å². The SMILES string of the molecule is Cc1cc(CNC(=O)c2ncnc3c(NC(=O)C4CCCCC4)nn(C)c23)ccc1F. The Labute approximate surface area is 179 Å². The Kier molecular flexibility index (Phi) is 5.92. The molecule has 0 aliphatic heterocycles. The highest BCUT2D eigenvalue weighted by molar-refractivity contribution is 6.07. The van der Waals surface area contributed by atoms with E-state index in [0.717, 1.165) is 31.2 Å². The molecule has 0 unspecified atom stereocenters. The summed E-state index contributed by atoms with van der Waals surface area (Å²) >= 11 is 0. The van der Waals surface area contributed by atoms with Crippen LogP contribution in [0.15, 0.2) is 24.5 Å². The van der Waals surface area contributed by atoms with Crippen LogP contribution in [0.1, 0.15) is 53.7 Å². The summed E-state index contributed by atoms with van der Waals surface area (Å²) in [6.45, 7) is 1.90. The van der Waals surface area contributed by atoms with Gasteiger partial charge in [0.15, 0.2) is 11.5 Å². The van der Waals surface area contributed by atoms with Crippen LogP contribution < -0.4 is 10.6 Å². The molecule has 0 spiro atoms. The van der Waals surface area contributed by atoms with Gasteiger partial charge in [-0.2, -0.15) is 5.10 Å². The molecule has 0 atom stereocenters. The minimum Gasteiger partial charge on any atom is -0.347 e. The van der Waals surface area contributed by atoms with Gasteiger partial charge in [-0.1, -0.05) is 31.4 Å². The number of benzene rings is 1. The van der Waals surface area contributed by atoms with E-state index in [1.54, 1.807) is 26.1 Å². The van der Waals surface area contributed by atoms with E-state index in [1.165, 1.54) is 23.5 Å². The monoisotopic (exact) mass is 424 g/mol. The molecular weight excluding hydrogens is 399 g/mol. The number of halogens is 1. The lowest BCUT2D eigenvalue weighted by atomic mass is 9.89. The summed E-state index contributed by atoms with van der Waals surface area (Å²) in [6, 6.07) is 4.69. The number of aromatic nitrogens is 4. The van der Waals surface area contributed by atoms with Crippen molar-refractivity contribution >= 4 is 28.7 Å². The zero-order valence-corrected chi connectivity index (χ0v) is 17.6. The Morgan fingerprint density at radius 1 is 1.19 bits per heavy atom. The molecule has 0 radical (unpaired) electrons. The number of anilines is 1. The molecule has 2 heterocycles. The molecular formula is C22H25FN6O2. The molecule has 1 fully saturated rings. The van der Waals surface area contributed by atoms with Crippen molar-refractivity contribution < 1.29 is 14.0 Å². The fraction of sp³-hybridized carbons (Fsp3) is 0.409. The maximum Gasteiger partial charge on any atom is 0.272 e. The maximum atomic E-state index is 13.4. The predicted molar refractivity (Wildman–Crippen MR) is 114 cm³/mol. The van der Waals surface area contributed by atoms with Crippen LogP contribution in [-0.4, -0.2) is 31.6 Å². The van der Waals surface area contributed by atoms with Gasteiger partial charge < -0.3 is 10.6 Å². The maximum absolute atomic E-state index is 13.4. The van der Waals surface area contributed by atoms with E-state index in [0.29, 0.717) is 22.4 Å². The topological polar surface area (TPSA) is 102 Å². The molecule has 2 aromatic heterocycles. The van der Waals surface area contributed by atoms with E-state index in [1.807, 2.05) is 0 Å². The Bertz CT molecular complexity index is 1140. The molecule has 8 nitrogen and oxygen atoms in total. The quantitative estimate of drug-likeness (QED) is 0.655. The molecule has 0 saturated heterocycles. The fourth-order valence-electron chi connectivity index (χ4n) is 4.02. The third-order valence-electron chi connectivity index (χ3n) is 5.73. The molecule has 162 valence electrons. The van der Waals surface area contributed by atoms with Crippen LogP contribution in [0.4, 0.5) is 10.2 Å². The van der Waals surface area contributed by atoms with E-state index in [4.69, 9.17) is 0 Å². The number of carbonyl (C=O) groups is 2. The third kappa shape index (κ3) is 4.40. The number of aryl methyl sites for hydroxylation is 2. The average Bonchev–Trinajstić information content (AvgIpc) is 3.10. The molecule has 1 aliphatic carbocycles. The second-order valence-corrected chi connectivity index (χ2v) is 7.98. The number of nitrogens with one attached hydrogen (secondary N) is 2. The number of nitrogens with zero attached hydrogens (tertiary/aromatic N) is 4. The van der Waals surface area contributed by atoms with Crippen LogP contribution in [0.25, 0.3) is 11.0 Å². The zero-order valence-electron chi connectivity index (χ0n) is 17.6. The molecule has 1 aliphatic rings. The Hall–Kier alpha value is -3.36. The summed E-state index contributed by atoms with van der Waals surface area (Å²) in [7, 11) is 1.68. The second kappa shape index (κ2) is 8.79. The molecule has 2 amide bonds. The standard InChI is InChI=1S/C22H25FN6O2/c1-13-10-14(8-9-16(13)23)11-24-22(31)18-19-17(25-12-26-18)20(28-29(19)2)27-21(30)15-6-4-3-5-7-15/h8-10,12,15H,3-7,11H2,1-2H3,(H,24,31)(H,27,28,30). The third-order valence-corrected chi connectivity index (χ3v) is 5.73. The summed E-state index contributed by atoms with van der Waals surface area (Å²) in [4.78, 5) is 33.8. The van der Waals surface area contributed by atoms with Crippen molar-refractivity contribution in [2.75, 3.05) is 5.32 Å². The van der Waals surface area contributed by atoms with Crippen LogP contribution in [0.2, 0.25) is 0 Å². The van der Waals surface area contributed by atoms with Crippen LogP contribution >= 0.6 is 0 Å². The van der Waals surface area contributed by atoms with Crippen molar-refractivity contribution in [3.8, 4) is 0 Å². The average molecular weight is 424 g/mol. The molecule has 3 aromatic rings. The first-order chi connectivity index (χ1) is 14.9. The van der Waals surface area contributed by atoms with Crippen molar-refractivity contribution in [2.45, 2.75) is 45.6 Å². The number of hydrogen-bond donors (Lipinski definition) is 2. The lowest BCUT2D eigenvalue weighted by molar-refractivity contribution is -0.120. The van der Waals surface area contributed by atoms with Crippen LogP contribution in [-0.2, 0) is 18.4 Å². The molecule has 0 bridgehead atoms. The Morgan fingerprint density at radius 3 is 2.71 bits per heavy atom. The zero-order chi connectivity index (χ0) is 22.0. The second-order valence-electron chi connectivity index (χ2n) is 7.98. The van der Waals surface area contributed by atoms with Gasteiger partial charge in [-0.05, 0) is 37.0 Å². The first-order valence-corrected chi connectivity index (χ1v) is 10.5. The summed E-state index contributed by atoms with van der Waals surface area (Å²) in [6.07, 6.45) is 6.32. The van der Waals surface area contributed by atoms with Gasteiger partial charge in [0.25, 0.3) is 5.91 Å². The number of fused-ring (bicyclic) bond motifs is 1. The first kappa shape index (κ1) is 20.9. The number of carbonyl (C=O) groups excluding carboxylic acids is 2. The number of amides is 2. The molecule has 31 heavy (non-hydrogen) atoms. The first-order valence-electron chi connectivity index (χ1n) is 10.5. The Morgan fingerprint density at radius 2 is 1.97 bits per heavy atom. The molecule has 9 heteroatoms. The van der Waals surface area contributed by atoms with Gasteiger partial charge in [0.1, 0.15) is 23.2 Å². The lowest BCUT2D eigenvalue weighted by Gasteiger charge is -2.20. The smallest absolute Gasteiger partial charge is 0.272 e. The molecule has 4 rings (SSSR count). The van der Waals surface area contributed by atoms with Gasteiger partial charge >= 0.3 is 0 Å². The summed E-state index contributed by atoms with van der Waals surface area (Å²) < 4.78 is 15.0. The largest absolute Gasteiger partial charge is 0.347 e. The summed E-state index contributed by atoms with van der Waals surface area (Å²) in [5, 5.41) is 10.1. The van der Waals surface area contributed by atoms with E-state index in [-0.39, 0.29) is 29.9 Å². The van der Waals surface area contributed by atoms with Gasteiger partial charge in [0.2, 0.25) is 5.91 Å². The minimum atomic E-state index is -0.400. The minimum absolute atomic E-state index is 0.0189. The van der Waals surface area contributed by atoms with Gasteiger partial charge in [-0.3, -0.25) is 14.3 Å². The van der Waals surface area contributed by atoms with Gasteiger partial charge in [0, 0.05) is 19.5 Å². The number of hydrogen-bond acceptors (Lipinski definition) is 5. The van der Waals surface area contributed by atoms with Crippen molar-refractivity contribution in [1.82, 2.24) is 25.1 Å². The predicted octanol–water partition coefficient (Wildman–Crippen LogP) is 3.26. The lowest BCUT2D eigenvalue weighted by Crippen LogP contribution is -2.25. The van der Waals surface area contributed by atoms with Crippen molar-refractivity contribution in [3.05, 3.63) is 47.2 Å². The van der Waals surface area contributed by atoms with Gasteiger partial charge in [0.05, 0.1) is 0 Å². The van der Waals surface area contributed by atoms with E-state index < -0.39 is 5.91 Å². The van der Waals surface area contributed by atoms with Crippen molar-refractivity contribution in [2.24, 2.45) is 13.0 Å². The van der Waals surface area contributed by atoms with Crippen molar-refractivity contribution in [3.63, 3.8) is 0 Å². The fourth-order valence-corrected chi connectivity index (χ4v) is 4.02. The van der Waals surface area contributed by atoms with E-state index >= 15 is 0 Å². The normalized spacial score (nSPS) is 14.5. The van der Waals surface area contributed by atoms with E-state index in [2.05, 4.69) is 25.7 Å². The highest BCUT2D eigenvalue weighted by Crippen LogP contribution is 2.27. The van der Waals surface area contributed by atoms with Crippen molar-refractivity contribution in [1.29, 1.82) is 0 Å². The molecule has 2 N–H and O–H groups in total. The molecule has 1 aromatic carbocycles. The highest BCUT2D eigenvalue weighted by atomic mass is 19.1. The van der Waals surface area contributed by atoms with Crippen LogP contribution in [0.5, 0.6) is 0 Å². The Balaban J connectivity index is 1.53. The van der Waals surface area contributed by atoms with E-state index in [9.17, 15) is 14.0 Å². The summed E-state index contributed by atoms with van der Waals surface area (Å²) in [5.41, 5.74) is 2.32. The highest BCUT2D eigenvalue weighted by Gasteiger charge is 2.25.